The molecule has 1 unspecified atom stereocenters. The average molecular weight is 299 g/mol. The van der Waals surface area contributed by atoms with E-state index in [1.54, 1.807) is 7.11 Å². The van der Waals surface area contributed by atoms with E-state index >= 15 is 0 Å². The number of nitrogens with two attached hydrogens (primary N) is 1. The standard InChI is InChI=1S/C15H22N2O2.ClH/c1-19-11-13(16)15(18)17-10-6-2-3-7-12-8-4-5-9-14(12)17;/h4-5,8-9,13H,2-3,6-7,10-11,16H2,1H3;1H. The summed E-state index contributed by atoms with van der Waals surface area (Å²) in [5.74, 6) is -0.0452. The third kappa shape index (κ3) is 3.95. The molecule has 112 valence electrons. The van der Waals surface area contributed by atoms with E-state index in [9.17, 15) is 4.79 Å². The Morgan fingerprint density at radius 3 is 2.85 bits per heavy atom. The Balaban J connectivity index is 0.00000200. The molecule has 1 aliphatic heterocycles. The van der Waals surface area contributed by atoms with Gasteiger partial charge in [-0.2, -0.15) is 0 Å². The zero-order valence-corrected chi connectivity index (χ0v) is 12.7. The minimum Gasteiger partial charge on any atom is -0.383 e. The first kappa shape index (κ1) is 17.0. The molecule has 0 spiro atoms. The van der Waals surface area contributed by atoms with E-state index in [4.69, 9.17) is 10.5 Å². The molecule has 2 N–H and O–H groups in total. The molecule has 4 nitrogen and oxygen atoms in total. The molecule has 1 amide bonds. The first-order valence-electron chi connectivity index (χ1n) is 6.88. The lowest BCUT2D eigenvalue weighted by Gasteiger charge is -2.29. The highest BCUT2D eigenvalue weighted by molar-refractivity contribution is 5.97. The van der Waals surface area contributed by atoms with Gasteiger partial charge in [0.15, 0.2) is 0 Å². The number of hydrogen-bond donors (Lipinski definition) is 1. The van der Waals surface area contributed by atoms with Gasteiger partial charge in [0.05, 0.1) is 6.61 Å². The summed E-state index contributed by atoms with van der Waals surface area (Å²) in [5.41, 5.74) is 8.14. The maximum atomic E-state index is 12.4. The largest absolute Gasteiger partial charge is 0.383 e. The summed E-state index contributed by atoms with van der Waals surface area (Å²) in [6.45, 7) is 1.00. The monoisotopic (exact) mass is 298 g/mol. The fourth-order valence-electron chi connectivity index (χ4n) is 2.55. The summed E-state index contributed by atoms with van der Waals surface area (Å²) in [4.78, 5) is 14.3. The van der Waals surface area contributed by atoms with Crippen molar-refractivity contribution >= 4 is 24.0 Å². The molecule has 0 saturated heterocycles. The van der Waals surface area contributed by atoms with Crippen molar-refractivity contribution in [1.82, 2.24) is 0 Å². The Morgan fingerprint density at radius 1 is 1.35 bits per heavy atom. The van der Waals surface area contributed by atoms with Crippen molar-refractivity contribution in [2.24, 2.45) is 5.73 Å². The van der Waals surface area contributed by atoms with Gasteiger partial charge in [0.1, 0.15) is 6.04 Å². The molecule has 0 bridgehead atoms. The van der Waals surface area contributed by atoms with Crippen LogP contribution in [0.1, 0.15) is 24.8 Å². The number of benzene rings is 1. The van der Waals surface area contributed by atoms with Crippen LogP contribution >= 0.6 is 12.4 Å². The maximum Gasteiger partial charge on any atom is 0.246 e. The van der Waals surface area contributed by atoms with E-state index in [0.29, 0.717) is 0 Å². The van der Waals surface area contributed by atoms with Crippen molar-refractivity contribution in [2.75, 3.05) is 25.2 Å². The van der Waals surface area contributed by atoms with Gasteiger partial charge >= 0.3 is 0 Å². The SMILES string of the molecule is COCC(N)C(=O)N1CCCCCc2ccccc21.Cl. The van der Waals surface area contributed by atoms with E-state index in [-0.39, 0.29) is 24.9 Å². The third-order valence-corrected chi connectivity index (χ3v) is 3.54. The van der Waals surface area contributed by atoms with Crippen LogP contribution in [-0.2, 0) is 16.0 Å². The molecule has 0 aromatic heterocycles. The third-order valence-electron chi connectivity index (χ3n) is 3.54. The lowest BCUT2D eigenvalue weighted by molar-refractivity contribution is -0.120. The smallest absolute Gasteiger partial charge is 0.246 e. The number of halogens is 1. The van der Waals surface area contributed by atoms with Crippen LogP contribution in [0.3, 0.4) is 0 Å². The number of ether oxygens (including phenoxy) is 1. The topological polar surface area (TPSA) is 55.6 Å². The van der Waals surface area contributed by atoms with Crippen LogP contribution in [0.2, 0.25) is 0 Å². The fourth-order valence-corrected chi connectivity index (χ4v) is 2.55. The van der Waals surface area contributed by atoms with Gasteiger partial charge in [0.25, 0.3) is 0 Å². The first-order chi connectivity index (χ1) is 9.24. The normalized spacial score (nSPS) is 16.4. The Bertz CT molecular complexity index is 440. The van der Waals surface area contributed by atoms with Crippen LogP contribution in [0.5, 0.6) is 0 Å². The number of anilines is 1. The van der Waals surface area contributed by atoms with Crippen LogP contribution in [0.25, 0.3) is 0 Å². The number of carbonyl (C=O) groups excluding carboxylic acids is 1. The summed E-state index contributed by atoms with van der Waals surface area (Å²) in [6, 6.07) is 7.53. The molecule has 0 saturated carbocycles. The molecule has 1 aromatic carbocycles. The lowest BCUT2D eigenvalue weighted by Crippen LogP contribution is -2.47. The van der Waals surface area contributed by atoms with E-state index < -0.39 is 6.04 Å². The van der Waals surface area contributed by atoms with Crippen LogP contribution in [-0.4, -0.2) is 32.2 Å². The molecule has 1 heterocycles. The van der Waals surface area contributed by atoms with Gasteiger partial charge in [-0.05, 0) is 30.9 Å². The number of carbonyl (C=O) groups is 1. The van der Waals surface area contributed by atoms with Crippen molar-refractivity contribution in [3.63, 3.8) is 0 Å². The Morgan fingerprint density at radius 2 is 2.10 bits per heavy atom. The summed E-state index contributed by atoms with van der Waals surface area (Å²) in [5, 5.41) is 0. The van der Waals surface area contributed by atoms with Crippen LogP contribution in [0.15, 0.2) is 24.3 Å². The predicted molar refractivity (Wildman–Crippen MR) is 83.4 cm³/mol. The number of rotatable bonds is 3. The molecule has 1 aromatic rings. The molecule has 0 aliphatic carbocycles. The highest BCUT2D eigenvalue weighted by Crippen LogP contribution is 2.26. The maximum absolute atomic E-state index is 12.4. The number of amides is 1. The summed E-state index contributed by atoms with van der Waals surface area (Å²) >= 11 is 0. The second kappa shape index (κ2) is 8.25. The minimum absolute atomic E-state index is 0. The summed E-state index contributed by atoms with van der Waals surface area (Å²) in [6.07, 6.45) is 4.39. The molecule has 1 atom stereocenters. The Hall–Kier alpha value is -1.10. The van der Waals surface area contributed by atoms with Gasteiger partial charge < -0.3 is 15.4 Å². The number of nitrogens with zero attached hydrogens (tertiary/aromatic N) is 1. The molecular formula is C15H23ClN2O2. The number of methoxy groups -OCH3 is 1. The predicted octanol–water partition coefficient (Wildman–Crippen LogP) is 2.14. The second-order valence-electron chi connectivity index (χ2n) is 4.99. The molecular weight excluding hydrogens is 276 g/mol. The van der Waals surface area contributed by atoms with Gasteiger partial charge in [0.2, 0.25) is 5.91 Å². The Kier molecular flexibility index (Phi) is 6.99. The highest BCUT2D eigenvalue weighted by Gasteiger charge is 2.24. The van der Waals surface area contributed by atoms with E-state index in [2.05, 4.69) is 6.07 Å². The zero-order chi connectivity index (χ0) is 13.7. The molecule has 2 rings (SSSR count). The Labute approximate surface area is 126 Å². The number of para-hydroxylation sites is 1. The van der Waals surface area contributed by atoms with Gasteiger partial charge in [-0.25, -0.2) is 0 Å². The van der Waals surface area contributed by atoms with Crippen LogP contribution in [0, 0.1) is 0 Å². The van der Waals surface area contributed by atoms with E-state index in [0.717, 1.165) is 31.5 Å². The van der Waals surface area contributed by atoms with Crippen molar-refractivity contribution in [2.45, 2.75) is 31.7 Å². The van der Waals surface area contributed by atoms with E-state index in [1.807, 2.05) is 23.1 Å². The summed E-state index contributed by atoms with van der Waals surface area (Å²) < 4.78 is 4.99. The molecule has 1 aliphatic rings. The van der Waals surface area contributed by atoms with Gasteiger partial charge in [-0.1, -0.05) is 24.6 Å². The second-order valence-corrected chi connectivity index (χ2v) is 4.99. The zero-order valence-electron chi connectivity index (χ0n) is 11.9. The molecule has 5 heteroatoms. The van der Waals surface area contributed by atoms with Crippen LogP contribution < -0.4 is 10.6 Å². The highest BCUT2D eigenvalue weighted by atomic mass is 35.5. The lowest BCUT2D eigenvalue weighted by atomic mass is 10.0. The van der Waals surface area contributed by atoms with Gasteiger partial charge in [-0.3, -0.25) is 4.79 Å². The molecule has 0 fully saturated rings. The average Bonchev–Trinajstić information content (AvgIpc) is 2.39. The van der Waals surface area contributed by atoms with Crippen molar-refractivity contribution < 1.29 is 9.53 Å². The molecule has 20 heavy (non-hydrogen) atoms. The van der Waals surface area contributed by atoms with Gasteiger partial charge in [-0.15, -0.1) is 12.4 Å². The van der Waals surface area contributed by atoms with Crippen molar-refractivity contribution in [1.29, 1.82) is 0 Å². The van der Waals surface area contributed by atoms with Crippen molar-refractivity contribution in [3.8, 4) is 0 Å². The quantitative estimate of drug-likeness (QED) is 0.930. The number of hydrogen-bond acceptors (Lipinski definition) is 3. The fraction of sp³-hybridized carbons (Fsp3) is 0.533. The summed E-state index contributed by atoms with van der Waals surface area (Å²) in [7, 11) is 1.56. The van der Waals surface area contributed by atoms with Gasteiger partial charge in [0, 0.05) is 19.3 Å². The van der Waals surface area contributed by atoms with E-state index in [1.165, 1.54) is 12.0 Å². The number of fused-ring (bicyclic) bond motifs is 1. The van der Waals surface area contributed by atoms with Crippen LogP contribution in [0.4, 0.5) is 5.69 Å². The number of aryl methyl sites for hydroxylation is 1. The van der Waals surface area contributed by atoms with Crippen molar-refractivity contribution in [3.05, 3.63) is 29.8 Å². The minimum atomic E-state index is -0.586. The molecule has 0 radical (unpaired) electrons. The first-order valence-corrected chi connectivity index (χ1v) is 6.88.